The number of likely N-dealkylation sites (N-methyl/N-ethyl adjacent to an activating group) is 1. The maximum atomic E-state index is 12.4. The third-order valence-electron chi connectivity index (χ3n) is 4.51. The van der Waals surface area contributed by atoms with Crippen LogP contribution in [-0.4, -0.2) is 71.1 Å². The third-order valence-corrected chi connectivity index (χ3v) is 5.97. The Hall–Kier alpha value is -1.15. The van der Waals surface area contributed by atoms with Crippen LogP contribution < -0.4 is 9.46 Å². The van der Waals surface area contributed by atoms with Crippen molar-refractivity contribution in [1.82, 2.24) is 14.5 Å². The minimum Gasteiger partial charge on any atom is -0.493 e. The number of benzene rings is 1. The lowest BCUT2D eigenvalue weighted by molar-refractivity contribution is 0.153. The van der Waals surface area contributed by atoms with E-state index in [1.807, 2.05) is 0 Å². The second-order valence-electron chi connectivity index (χ2n) is 6.26. The second kappa shape index (κ2) is 7.17. The summed E-state index contributed by atoms with van der Waals surface area (Å²) in [6.45, 7) is 6.35. The van der Waals surface area contributed by atoms with Gasteiger partial charge in [0, 0.05) is 39.1 Å². The van der Waals surface area contributed by atoms with E-state index in [-0.39, 0.29) is 0 Å². The van der Waals surface area contributed by atoms with Crippen LogP contribution in [0.2, 0.25) is 0 Å². The van der Waals surface area contributed by atoms with E-state index in [2.05, 4.69) is 21.6 Å². The highest BCUT2D eigenvalue weighted by Gasteiger charge is 2.19. The van der Waals surface area contributed by atoms with Gasteiger partial charge in [-0.3, -0.25) is 0 Å². The number of fused-ring (bicyclic) bond motifs is 1. The first kappa shape index (κ1) is 16.7. The molecule has 0 unspecified atom stereocenters. The molecule has 1 N–H and O–H groups in total. The fourth-order valence-corrected chi connectivity index (χ4v) is 4.12. The van der Waals surface area contributed by atoms with E-state index in [0.29, 0.717) is 18.0 Å². The van der Waals surface area contributed by atoms with Gasteiger partial charge in [0.1, 0.15) is 5.75 Å². The summed E-state index contributed by atoms with van der Waals surface area (Å²) in [6.07, 6.45) is 1.61. The van der Waals surface area contributed by atoms with E-state index in [9.17, 15) is 8.42 Å². The van der Waals surface area contributed by atoms with Crippen molar-refractivity contribution in [2.45, 2.75) is 17.7 Å². The van der Waals surface area contributed by atoms with Crippen LogP contribution in [0, 0.1) is 0 Å². The molecule has 2 aliphatic rings. The molecule has 0 radical (unpaired) electrons. The largest absolute Gasteiger partial charge is 0.493 e. The van der Waals surface area contributed by atoms with Crippen LogP contribution in [0.4, 0.5) is 0 Å². The molecule has 1 saturated heterocycles. The number of hydrogen-bond acceptors (Lipinski definition) is 5. The predicted octanol–water partition coefficient (Wildman–Crippen LogP) is 0.537. The van der Waals surface area contributed by atoms with Crippen molar-refractivity contribution in [3.63, 3.8) is 0 Å². The zero-order valence-electron chi connectivity index (χ0n) is 13.6. The lowest BCUT2D eigenvalue weighted by Gasteiger charge is -2.32. The highest BCUT2D eigenvalue weighted by molar-refractivity contribution is 7.89. The van der Waals surface area contributed by atoms with E-state index in [4.69, 9.17) is 4.74 Å². The second-order valence-corrected chi connectivity index (χ2v) is 8.03. The van der Waals surface area contributed by atoms with Gasteiger partial charge in [0.2, 0.25) is 10.0 Å². The van der Waals surface area contributed by atoms with Crippen molar-refractivity contribution in [3.05, 3.63) is 23.8 Å². The zero-order chi connectivity index (χ0) is 16.3. The Morgan fingerprint density at radius 3 is 2.78 bits per heavy atom. The van der Waals surface area contributed by atoms with Gasteiger partial charge in [-0.1, -0.05) is 0 Å². The summed E-state index contributed by atoms with van der Waals surface area (Å²) >= 11 is 0. The van der Waals surface area contributed by atoms with Crippen molar-refractivity contribution >= 4 is 10.0 Å². The van der Waals surface area contributed by atoms with Gasteiger partial charge in [0.15, 0.2) is 0 Å². The third kappa shape index (κ3) is 4.23. The topological polar surface area (TPSA) is 61.9 Å². The number of nitrogens with zero attached hydrogens (tertiary/aromatic N) is 2. The van der Waals surface area contributed by atoms with Gasteiger partial charge in [-0.2, -0.15) is 0 Å². The SMILES string of the molecule is CN1CCN(CCCNS(=O)(=O)c2ccc3c(c2)CCO3)CC1. The van der Waals surface area contributed by atoms with Gasteiger partial charge in [0.25, 0.3) is 0 Å². The number of piperazine rings is 1. The van der Waals surface area contributed by atoms with E-state index in [1.165, 1.54) is 0 Å². The lowest BCUT2D eigenvalue weighted by atomic mass is 10.2. The van der Waals surface area contributed by atoms with Gasteiger partial charge in [-0.15, -0.1) is 0 Å². The molecule has 0 spiro atoms. The number of rotatable bonds is 6. The molecular weight excluding hydrogens is 314 g/mol. The highest BCUT2D eigenvalue weighted by Crippen LogP contribution is 2.27. The minimum absolute atomic E-state index is 0.335. The standard InChI is InChI=1S/C16H25N3O3S/c1-18-8-10-19(11-9-18)7-2-6-17-23(20,21)15-3-4-16-14(13-15)5-12-22-16/h3-4,13,17H,2,5-12H2,1H3. The van der Waals surface area contributed by atoms with E-state index in [0.717, 1.165) is 56.9 Å². The van der Waals surface area contributed by atoms with E-state index < -0.39 is 10.0 Å². The summed E-state index contributed by atoms with van der Waals surface area (Å²) in [4.78, 5) is 5.04. The maximum Gasteiger partial charge on any atom is 0.240 e. The first-order chi connectivity index (χ1) is 11.0. The highest BCUT2D eigenvalue weighted by atomic mass is 32.2. The molecule has 1 aromatic carbocycles. The molecular formula is C16H25N3O3S. The Balaban J connectivity index is 1.47. The lowest BCUT2D eigenvalue weighted by Crippen LogP contribution is -2.45. The average molecular weight is 339 g/mol. The quantitative estimate of drug-likeness (QED) is 0.767. The number of nitrogens with one attached hydrogen (secondary N) is 1. The van der Waals surface area contributed by atoms with Crippen LogP contribution in [-0.2, 0) is 16.4 Å². The summed E-state index contributed by atoms with van der Waals surface area (Å²) < 4.78 is 32.8. The normalized spacial score (nSPS) is 19.5. The Kier molecular flexibility index (Phi) is 5.21. The van der Waals surface area contributed by atoms with Gasteiger partial charge < -0.3 is 14.5 Å². The number of sulfonamides is 1. The monoisotopic (exact) mass is 339 g/mol. The zero-order valence-corrected chi connectivity index (χ0v) is 14.4. The van der Waals surface area contributed by atoms with Crippen molar-refractivity contribution in [2.24, 2.45) is 0 Å². The Bertz CT molecular complexity index is 640. The summed E-state index contributed by atoms with van der Waals surface area (Å²) in [5, 5.41) is 0. The van der Waals surface area contributed by atoms with Crippen molar-refractivity contribution in [1.29, 1.82) is 0 Å². The van der Waals surface area contributed by atoms with Gasteiger partial charge in [-0.25, -0.2) is 13.1 Å². The smallest absolute Gasteiger partial charge is 0.240 e. The van der Waals surface area contributed by atoms with Crippen LogP contribution >= 0.6 is 0 Å². The fourth-order valence-electron chi connectivity index (χ4n) is 2.99. The Morgan fingerprint density at radius 2 is 2.00 bits per heavy atom. The van der Waals surface area contributed by atoms with Gasteiger partial charge in [-0.05, 0) is 43.8 Å². The summed E-state index contributed by atoms with van der Waals surface area (Å²) in [6, 6.07) is 5.10. The van der Waals surface area contributed by atoms with E-state index >= 15 is 0 Å². The molecule has 3 rings (SSSR count). The number of hydrogen-bond donors (Lipinski definition) is 1. The van der Waals surface area contributed by atoms with Crippen molar-refractivity contribution in [2.75, 3.05) is 52.9 Å². The molecule has 2 heterocycles. The van der Waals surface area contributed by atoms with Crippen molar-refractivity contribution < 1.29 is 13.2 Å². The molecule has 23 heavy (non-hydrogen) atoms. The average Bonchev–Trinajstić information content (AvgIpc) is 3.01. The molecule has 1 aromatic rings. The first-order valence-electron chi connectivity index (χ1n) is 8.21. The molecule has 128 valence electrons. The van der Waals surface area contributed by atoms with Crippen molar-refractivity contribution in [3.8, 4) is 5.75 Å². The summed E-state index contributed by atoms with van der Waals surface area (Å²) in [5.41, 5.74) is 0.977. The van der Waals surface area contributed by atoms with Gasteiger partial charge in [0.05, 0.1) is 11.5 Å². The minimum atomic E-state index is -3.43. The molecule has 2 aliphatic heterocycles. The predicted molar refractivity (Wildman–Crippen MR) is 89.4 cm³/mol. The molecule has 0 aromatic heterocycles. The molecule has 0 amide bonds. The van der Waals surface area contributed by atoms with Crippen LogP contribution in [0.15, 0.2) is 23.1 Å². The van der Waals surface area contributed by atoms with Crippen LogP contribution in [0.1, 0.15) is 12.0 Å². The first-order valence-corrected chi connectivity index (χ1v) is 9.69. The molecule has 6 nitrogen and oxygen atoms in total. The molecule has 1 fully saturated rings. The maximum absolute atomic E-state index is 12.4. The van der Waals surface area contributed by atoms with Crippen LogP contribution in [0.3, 0.4) is 0 Å². The molecule has 0 bridgehead atoms. The molecule has 0 atom stereocenters. The molecule has 0 saturated carbocycles. The molecule has 7 heteroatoms. The summed E-state index contributed by atoms with van der Waals surface area (Å²) in [5.74, 6) is 0.805. The fraction of sp³-hybridized carbons (Fsp3) is 0.625. The van der Waals surface area contributed by atoms with Crippen LogP contribution in [0.25, 0.3) is 0 Å². The van der Waals surface area contributed by atoms with Gasteiger partial charge >= 0.3 is 0 Å². The molecule has 0 aliphatic carbocycles. The Morgan fingerprint density at radius 1 is 1.22 bits per heavy atom. The Labute approximate surface area is 138 Å². The van der Waals surface area contributed by atoms with Crippen LogP contribution in [0.5, 0.6) is 5.75 Å². The number of ether oxygens (including phenoxy) is 1. The summed E-state index contributed by atoms with van der Waals surface area (Å²) in [7, 11) is -1.29. The van der Waals surface area contributed by atoms with E-state index in [1.54, 1.807) is 18.2 Å².